The maximum Gasteiger partial charge on any atom is 0.170 e. The third kappa shape index (κ3) is 2.76. The van der Waals surface area contributed by atoms with E-state index in [1.54, 1.807) is 6.20 Å². The van der Waals surface area contributed by atoms with Crippen LogP contribution in [0.15, 0.2) is 12.3 Å². The molecule has 0 saturated carbocycles. The average Bonchev–Trinajstić information content (AvgIpc) is 2.56. The molecule has 3 rings (SSSR count). The second-order valence-electron chi connectivity index (χ2n) is 4.91. The van der Waals surface area contributed by atoms with Gasteiger partial charge in [-0.05, 0) is 6.07 Å². The zero-order valence-corrected chi connectivity index (χ0v) is 11.5. The molecule has 3 heterocycles. The Labute approximate surface area is 118 Å². The largest absolute Gasteiger partial charge is 0.378 e. The number of ether oxygens (including phenoxy) is 2. The van der Waals surface area contributed by atoms with Gasteiger partial charge in [0.05, 0.1) is 44.0 Å². The number of hydrogen-bond donors (Lipinski definition) is 0. The zero-order chi connectivity index (χ0) is 13.8. The van der Waals surface area contributed by atoms with Crippen molar-refractivity contribution in [2.75, 3.05) is 62.4 Å². The van der Waals surface area contributed by atoms with Gasteiger partial charge in [-0.2, -0.15) is 0 Å². The number of carbonyl (C=O) groups is 1. The topological polar surface area (TPSA) is 54.9 Å². The number of rotatable bonds is 3. The van der Waals surface area contributed by atoms with Crippen LogP contribution in [0.4, 0.5) is 11.4 Å². The summed E-state index contributed by atoms with van der Waals surface area (Å²) in [7, 11) is 0. The van der Waals surface area contributed by atoms with Crippen LogP contribution in [0.5, 0.6) is 0 Å². The molecule has 1 aromatic rings. The van der Waals surface area contributed by atoms with Crippen molar-refractivity contribution in [1.29, 1.82) is 0 Å². The minimum absolute atomic E-state index is 0.504. The predicted molar refractivity (Wildman–Crippen MR) is 75.7 cm³/mol. The zero-order valence-electron chi connectivity index (χ0n) is 11.5. The second kappa shape index (κ2) is 6.19. The average molecular weight is 277 g/mol. The van der Waals surface area contributed by atoms with E-state index in [0.717, 1.165) is 57.1 Å². The fraction of sp³-hybridized carbons (Fsp3) is 0.571. The molecule has 0 spiro atoms. The van der Waals surface area contributed by atoms with E-state index in [9.17, 15) is 4.79 Å². The maximum absolute atomic E-state index is 11.2. The van der Waals surface area contributed by atoms with Crippen molar-refractivity contribution in [1.82, 2.24) is 4.98 Å². The second-order valence-corrected chi connectivity index (χ2v) is 4.91. The summed E-state index contributed by atoms with van der Waals surface area (Å²) < 4.78 is 10.7. The Morgan fingerprint density at radius 3 is 2.20 bits per heavy atom. The van der Waals surface area contributed by atoms with E-state index >= 15 is 0 Å². The smallest absolute Gasteiger partial charge is 0.170 e. The van der Waals surface area contributed by atoms with Crippen molar-refractivity contribution < 1.29 is 14.3 Å². The van der Waals surface area contributed by atoms with E-state index in [-0.39, 0.29) is 0 Å². The fourth-order valence-electron chi connectivity index (χ4n) is 2.60. The highest BCUT2D eigenvalue weighted by Gasteiger charge is 2.18. The fourth-order valence-corrected chi connectivity index (χ4v) is 2.60. The number of aldehydes is 1. The molecule has 1 aromatic heterocycles. The first-order valence-corrected chi connectivity index (χ1v) is 6.99. The molecule has 6 heteroatoms. The first kappa shape index (κ1) is 13.3. The summed E-state index contributed by atoms with van der Waals surface area (Å²) in [6.07, 6.45) is 2.60. The molecular weight excluding hydrogens is 258 g/mol. The summed E-state index contributed by atoms with van der Waals surface area (Å²) in [5.74, 6) is 0. The van der Waals surface area contributed by atoms with E-state index in [4.69, 9.17) is 9.47 Å². The highest BCUT2D eigenvalue weighted by Crippen LogP contribution is 2.25. The van der Waals surface area contributed by atoms with Crippen molar-refractivity contribution in [3.05, 3.63) is 18.0 Å². The quantitative estimate of drug-likeness (QED) is 0.753. The normalized spacial score (nSPS) is 20.0. The Morgan fingerprint density at radius 2 is 1.60 bits per heavy atom. The Balaban J connectivity index is 1.87. The molecule has 2 aliphatic rings. The van der Waals surface area contributed by atoms with Gasteiger partial charge in [-0.25, -0.2) is 4.98 Å². The molecule has 6 nitrogen and oxygen atoms in total. The summed E-state index contributed by atoms with van der Waals surface area (Å²) >= 11 is 0. The molecule has 2 fully saturated rings. The lowest BCUT2D eigenvalue weighted by Crippen LogP contribution is -2.38. The molecule has 0 atom stereocenters. The van der Waals surface area contributed by atoms with Gasteiger partial charge in [-0.1, -0.05) is 0 Å². The standard InChI is InChI=1S/C14H19N3O3/c18-11-13-14(17-3-7-20-8-4-17)9-12(10-15-13)16-1-5-19-6-2-16/h9-11H,1-8H2. The van der Waals surface area contributed by atoms with Gasteiger partial charge >= 0.3 is 0 Å². The number of pyridine rings is 1. The Morgan fingerprint density at radius 1 is 1.00 bits per heavy atom. The summed E-state index contributed by atoms with van der Waals surface area (Å²) in [5.41, 5.74) is 2.47. The van der Waals surface area contributed by atoms with Crippen LogP contribution in [0.1, 0.15) is 10.5 Å². The molecule has 0 bridgehead atoms. The third-order valence-electron chi connectivity index (χ3n) is 3.72. The maximum atomic E-state index is 11.2. The lowest BCUT2D eigenvalue weighted by atomic mass is 10.2. The molecular formula is C14H19N3O3. The monoisotopic (exact) mass is 277 g/mol. The van der Waals surface area contributed by atoms with Crippen LogP contribution in [0.2, 0.25) is 0 Å². The van der Waals surface area contributed by atoms with E-state index in [1.165, 1.54) is 0 Å². The van der Waals surface area contributed by atoms with Crippen LogP contribution < -0.4 is 9.80 Å². The molecule has 20 heavy (non-hydrogen) atoms. The number of aromatic nitrogens is 1. The van der Waals surface area contributed by atoms with Crippen molar-refractivity contribution in [3.8, 4) is 0 Å². The van der Waals surface area contributed by atoms with Crippen LogP contribution in [-0.4, -0.2) is 63.9 Å². The molecule has 2 saturated heterocycles. The lowest BCUT2D eigenvalue weighted by Gasteiger charge is -2.32. The lowest BCUT2D eigenvalue weighted by molar-refractivity contribution is 0.111. The Bertz CT molecular complexity index is 469. The predicted octanol–water partition coefficient (Wildman–Crippen LogP) is 0.567. The van der Waals surface area contributed by atoms with E-state index < -0.39 is 0 Å². The van der Waals surface area contributed by atoms with Gasteiger partial charge in [-0.3, -0.25) is 4.79 Å². The molecule has 108 valence electrons. The molecule has 0 radical (unpaired) electrons. The number of hydrogen-bond acceptors (Lipinski definition) is 6. The van der Waals surface area contributed by atoms with Crippen molar-refractivity contribution in [2.24, 2.45) is 0 Å². The van der Waals surface area contributed by atoms with Gasteiger partial charge in [0.25, 0.3) is 0 Å². The number of anilines is 2. The molecule has 0 aromatic carbocycles. The van der Waals surface area contributed by atoms with Gasteiger partial charge < -0.3 is 19.3 Å². The summed E-state index contributed by atoms with van der Waals surface area (Å²) in [6, 6.07) is 2.06. The van der Waals surface area contributed by atoms with Gasteiger partial charge in [0, 0.05) is 26.2 Å². The van der Waals surface area contributed by atoms with Crippen LogP contribution >= 0.6 is 0 Å². The van der Waals surface area contributed by atoms with Crippen LogP contribution in [0, 0.1) is 0 Å². The van der Waals surface area contributed by atoms with Gasteiger partial charge in [0.2, 0.25) is 0 Å². The number of morpholine rings is 2. The minimum atomic E-state index is 0.504. The Kier molecular flexibility index (Phi) is 4.13. The van der Waals surface area contributed by atoms with E-state index in [0.29, 0.717) is 18.9 Å². The first-order chi connectivity index (χ1) is 9.88. The number of nitrogens with zero attached hydrogens (tertiary/aromatic N) is 3. The van der Waals surface area contributed by atoms with Crippen LogP contribution in [0.25, 0.3) is 0 Å². The Hall–Kier alpha value is -1.66. The van der Waals surface area contributed by atoms with Crippen LogP contribution in [0.3, 0.4) is 0 Å². The SMILES string of the molecule is O=Cc1ncc(N2CCOCC2)cc1N1CCOCC1. The number of carbonyl (C=O) groups excluding carboxylic acids is 1. The van der Waals surface area contributed by atoms with Gasteiger partial charge in [-0.15, -0.1) is 0 Å². The molecule has 2 aliphatic heterocycles. The van der Waals surface area contributed by atoms with Crippen molar-refractivity contribution >= 4 is 17.7 Å². The molecule has 0 amide bonds. The third-order valence-corrected chi connectivity index (χ3v) is 3.72. The highest BCUT2D eigenvalue weighted by atomic mass is 16.5. The van der Waals surface area contributed by atoms with Crippen molar-refractivity contribution in [2.45, 2.75) is 0 Å². The summed E-state index contributed by atoms with van der Waals surface area (Å²) in [4.78, 5) is 19.9. The van der Waals surface area contributed by atoms with E-state index in [1.807, 2.05) is 0 Å². The summed E-state index contributed by atoms with van der Waals surface area (Å²) in [5, 5.41) is 0. The highest BCUT2D eigenvalue weighted by molar-refractivity contribution is 5.83. The van der Waals surface area contributed by atoms with Crippen molar-refractivity contribution in [3.63, 3.8) is 0 Å². The van der Waals surface area contributed by atoms with Gasteiger partial charge in [0.15, 0.2) is 6.29 Å². The molecule has 0 unspecified atom stereocenters. The molecule has 0 aliphatic carbocycles. The van der Waals surface area contributed by atoms with Gasteiger partial charge in [0.1, 0.15) is 5.69 Å². The minimum Gasteiger partial charge on any atom is -0.378 e. The van der Waals surface area contributed by atoms with Crippen LogP contribution in [-0.2, 0) is 9.47 Å². The summed E-state index contributed by atoms with van der Waals surface area (Å²) in [6.45, 7) is 6.20. The van der Waals surface area contributed by atoms with E-state index in [2.05, 4.69) is 20.9 Å². The first-order valence-electron chi connectivity index (χ1n) is 6.99. The molecule has 0 N–H and O–H groups in total.